The monoisotopic (exact) mass is 296 g/mol. The van der Waals surface area contributed by atoms with Crippen molar-refractivity contribution in [1.82, 2.24) is 10.2 Å². The van der Waals surface area contributed by atoms with Gasteiger partial charge in [0.05, 0.1) is 13.2 Å². The predicted molar refractivity (Wildman–Crippen MR) is 85.4 cm³/mol. The summed E-state index contributed by atoms with van der Waals surface area (Å²) in [7, 11) is 0. The summed E-state index contributed by atoms with van der Waals surface area (Å²) in [5, 5.41) is 2.97. The summed E-state index contributed by atoms with van der Waals surface area (Å²) < 4.78 is 5.79. The van der Waals surface area contributed by atoms with E-state index in [9.17, 15) is 4.79 Å². The number of rotatable bonds is 3. The third-order valence-electron chi connectivity index (χ3n) is 3.81. The van der Waals surface area contributed by atoms with Crippen molar-refractivity contribution in [2.75, 3.05) is 19.7 Å². The van der Waals surface area contributed by atoms with Crippen molar-refractivity contribution in [3.05, 3.63) is 71.8 Å². The lowest BCUT2D eigenvalue weighted by Gasteiger charge is -2.33. The second-order valence-corrected chi connectivity index (χ2v) is 5.36. The van der Waals surface area contributed by atoms with Crippen molar-refractivity contribution in [2.45, 2.75) is 12.6 Å². The summed E-state index contributed by atoms with van der Waals surface area (Å²) in [6.45, 7) is 2.33. The summed E-state index contributed by atoms with van der Waals surface area (Å²) in [5.74, 6) is 0. The zero-order valence-electron chi connectivity index (χ0n) is 12.4. The Hall–Kier alpha value is -2.33. The van der Waals surface area contributed by atoms with Crippen molar-refractivity contribution < 1.29 is 9.53 Å². The fourth-order valence-electron chi connectivity index (χ4n) is 2.59. The predicted octanol–water partition coefficient (Wildman–Crippen LogP) is 2.97. The van der Waals surface area contributed by atoms with Gasteiger partial charge < -0.3 is 15.0 Å². The first kappa shape index (κ1) is 14.6. The van der Waals surface area contributed by atoms with Gasteiger partial charge in [0.15, 0.2) is 0 Å². The number of nitrogens with zero attached hydrogens (tertiary/aromatic N) is 1. The Morgan fingerprint density at radius 2 is 1.77 bits per heavy atom. The molecule has 0 saturated carbocycles. The Labute approximate surface area is 130 Å². The molecule has 1 aliphatic heterocycles. The van der Waals surface area contributed by atoms with E-state index in [0.717, 1.165) is 11.1 Å². The molecule has 22 heavy (non-hydrogen) atoms. The van der Waals surface area contributed by atoms with Crippen LogP contribution in [0.25, 0.3) is 0 Å². The van der Waals surface area contributed by atoms with Gasteiger partial charge in [0, 0.05) is 13.1 Å². The molecular formula is C18H20N2O2. The first-order valence-corrected chi connectivity index (χ1v) is 7.56. The summed E-state index contributed by atoms with van der Waals surface area (Å²) in [4.78, 5) is 14.1. The first-order valence-electron chi connectivity index (χ1n) is 7.56. The molecule has 2 aromatic carbocycles. The second kappa shape index (κ2) is 7.09. The Morgan fingerprint density at radius 1 is 1.09 bits per heavy atom. The molecule has 1 N–H and O–H groups in total. The maximum atomic E-state index is 12.3. The largest absolute Gasteiger partial charge is 0.370 e. The van der Waals surface area contributed by atoms with E-state index in [-0.39, 0.29) is 12.1 Å². The molecule has 2 aromatic rings. The van der Waals surface area contributed by atoms with Crippen molar-refractivity contribution >= 4 is 6.03 Å². The zero-order valence-corrected chi connectivity index (χ0v) is 12.4. The van der Waals surface area contributed by atoms with Crippen LogP contribution in [0.5, 0.6) is 0 Å². The number of carbonyl (C=O) groups excluding carboxylic acids is 1. The average molecular weight is 296 g/mol. The van der Waals surface area contributed by atoms with Crippen LogP contribution in [0, 0.1) is 0 Å². The van der Waals surface area contributed by atoms with Crippen LogP contribution in [0.15, 0.2) is 60.7 Å². The summed E-state index contributed by atoms with van der Waals surface area (Å²) >= 11 is 0. The van der Waals surface area contributed by atoms with Crippen LogP contribution in [0.2, 0.25) is 0 Å². The summed E-state index contributed by atoms with van der Waals surface area (Å²) in [5.41, 5.74) is 2.21. The zero-order chi connectivity index (χ0) is 15.2. The number of morpholine rings is 1. The Balaban J connectivity index is 1.56. The fraction of sp³-hybridized carbons (Fsp3) is 0.278. The molecule has 1 atom stereocenters. The van der Waals surface area contributed by atoms with E-state index >= 15 is 0 Å². The molecule has 4 heteroatoms. The quantitative estimate of drug-likeness (QED) is 0.946. The van der Waals surface area contributed by atoms with Crippen LogP contribution in [-0.4, -0.2) is 30.6 Å². The SMILES string of the molecule is O=C(NCc1ccccc1)N1CCOC(c2ccccc2)C1. The maximum Gasteiger partial charge on any atom is 0.317 e. The third kappa shape index (κ3) is 3.65. The van der Waals surface area contributed by atoms with Crippen LogP contribution in [0.3, 0.4) is 0 Å². The number of ether oxygens (including phenoxy) is 1. The molecule has 0 bridgehead atoms. The lowest BCUT2D eigenvalue weighted by Crippen LogP contribution is -2.46. The average Bonchev–Trinajstić information content (AvgIpc) is 2.61. The van der Waals surface area contributed by atoms with E-state index in [2.05, 4.69) is 5.32 Å². The highest BCUT2D eigenvalue weighted by Gasteiger charge is 2.24. The number of hydrogen-bond acceptors (Lipinski definition) is 2. The molecule has 4 nitrogen and oxygen atoms in total. The number of urea groups is 1. The van der Waals surface area contributed by atoms with E-state index in [1.807, 2.05) is 65.6 Å². The number of benzene rings is 2. The van der Waals surface area contributed by atoms with E-state index in [1.54, 1.807) is 0 Å². The molecular weight excluding hydrogens is 276 g/mol. The number of carbonyl (C=O) groups is 1. The van der Waals surface area contributed by atoms with Crippen LogP contribution >= 0.6 is 0 Å². The van der Waals surface area contributed by atoms with Crippen molar-refractivity contribution in [3.63, 3.8) is 0 Å². The van der Waals surface area contributed by atoms with Crippen LogP contribution in [-0.2, 0) is 11.3 Å². The molecule has 0 spiro atoms. The van der Waals surface area contributed by atoms with Crippen LogP contribution in [0.4, 0.5) is 4.79 Å². The second-order valence-electron chi connectivity index (χ2n) is 5.36. The highest BCUT2D eigenvalue weighted by molar-refractivity contribution is 5.74. The molecule has 0 aliphatic carbocycles. The van der Waals surface area contributed by atoms with E-state index < -0.39 is 0 Å². The summed E-state index contributed by atoms with van der Waals surface area (Å²) in [6.07, 6.45) is -0.0441. The molecule has 0 radical (unpaired) electrons. The van der Waals surface area contributed by atoms with E-state index in [1.165, 1.54) is 0 Å². The standard InChI is InChI=1S/C18H20N2O2/c21-18(19-13-15-7-3-1-4-8-15)20-11-12-22-17(14-20)16-9-5-2-6-10-16/h1-10,17H,11-14H2,(H,19,21). The number of hydrogen-bond donors (Lipinski definition) is 1. The number of nitrogens with one attached hydrogen (secondary N) is 1. The summed E-state index contributed by atoms with van der Waals surface area (Å²) in [6, 6.07) is 19.9. The van der Waals surface area contributed by atoms with Crippen molar-refractivity contribution in [2.24, 2.45) is 0 Å². The van der Waals surface area contributed by atoms with E-state index in [4.69, 9.17) is 4.74 Å². The molecule has 1 unspecified atom stereocenters. The molecule has 114 valence electrons. The van der Waals surface area contributed by atoms with Gasteiger partial charge >= 0.3 is 6.03 Å². The minimum absolute atomic E-state index is 0.0342. The van der Waals surface area contributed by atoms with Gasteiger partial charge in [-0.05, 0) is 11.1 Å². The van der Waals surface area contributed by atoms with Crippen molar-refractivity contribution in [1.29, 1.82) is 0 Å². The van der Waals surface area contributed by atoms with E-state index in [0.29, 0.717) is 26.2 Å². The van der Waals surface area contributed by atoms with Gasteiger partial charge in [0.2, 0.25) is 0 Å². The van der Waals surface area contributed by atoms with Gasteiger partial charge in [-0.1, -0.05) is 60.7 Å². The van der Waals surface area contributed by atoms with Gasteiger partial charge in [0.25, 0.3) is 0 Å². The van der Waals surface area contributed by atoms with Crippen LogP contribution in [0.1, 0.15) is 17.2 Å². The molecule has 3 rings (SSSR count). The van der Waals surface area contributed by atoms with Gasteiger partial charge in [-0.2, -0.15) is 0 Å². The maximum absolute atomic E-state index is 12.3. The highest BCUT2D eigenvalue weighted by Crippen LogP contribution is 2.21. The highest BCUT2D eigenvalue weighted by atomic mass is 16.5. The normalized spacial score (nSPS) is 18.0. The van der Waals surface area contributed by atoms with Crippen LogP contribution < -0.4 is 5.32 Å². The Bertz CT molecular complexity index is 601. The molecule has 0 aromatic heterocycles. The van der Waals surface area contributed by atoms with Gasteiger partial charge in [0.1, 0.15) is 6.10 Å². The molecule has 2 amide bonds. The smallest absolute Gasteiger partial charge is 0.317 e. The Morgan fingerprint density at radius 3 is 2.50 bits per heavy atom. The third-order valence-corrected chi connectivity index (χ3v) is 3.81. The topological polar surface area (TPSA) is 41.6 Å². The molecule has 1 fully saturated rings. The molecule has 1 heterocycles. The molecule has 1 aliphatic rings. The van der Waals surface area contributed by atoms with Gasteiger partial charge in [-0.25, -0.2) is 4.79 Å². The van der Waals surface area contributed by atoms with Gasteiger partial charge in [-0.3, -0.25) is 0 Å². The molecule has 1 saturated heterocycles. The Kier molecular flexibility index (Phi) is 4.71. The van der Waals surface area contributed by atoms with Crippen molar-refractivity contribution in [3.8, 4) is 0 Å². The lowest BCUT2D eigenvalue weighted by molar-refractivity contribution is -0.0154. The minimum Gasteiger partial charge on any atom is -0.370 e. The first-order chi connectivity index (χ1) is 10.8. The fourth-order valence-corrected chi connectivity index (χ4v) is 2.59. The minimum atomic E-state index is -0.0441. The number of amides is 2. The lowest BCUT2D eigenvalue weighted by atomic mass is 10.1. The van der Waals surface area contributed by atoms with Gasteiger partial charge in [-0.15, -0.1) is 0 Å².